The molecular weight excluding hydrogens is 383 g/mol. The number of amides is 2. The van der Waals surface area contributed by atoms with Gasteiger partial charge in [0.25, 0.3) is 0 Å². The van der Waals surface area contributed by atoms with Gasteiger partial charge in [-0.25, -0.2) is 4.39 Å². The van der Waals surface area contributed by atoms with E-state index in [1.54, 1.807) is 35.4 Å². The zero-order chi connectivity index (χ0) is 21.3. The molecule has 1 N–H and O–H groups in total. The number of carbonyl (C=O) groups is 2. The highest BCUT2D eigenvalue weighted by molar-refractivity contribution is 5.88. The van der Waals surface area contributed by atoms with Gasteiger partial charge in [-0.05, 0) is 41.8 Å². The molecule has 5 nitrogen and oxygen atoms in total. The van der Waals surface area contributed by atoms with Crippen LogP contribution in [0.3, 0.4) is 0 Å². The first-order valence-electron chi connectivity index (χ1n) is 9.97. The minimum absolute atomic E-state index is 0.135. The first-order valence-corrected chi connectivity index (χ1v) is 9.97. The summed E-state index contributed by atoms with van der Waals surface area (Å²) in [7, 11) is 0. The molecule has 0 radical (unpaired) electrons. The van der Waals surface area contributed by atoms with E-state index in [0.717, 1.165) is 5.56 Å². The van der Waals surface area contributed by atoms with Crippen molar-refractivity contribution in [1.29, 1.82) is 0 Å². The van der Waals surface area contributed by atoms with Crippen molar-refractivity contribution in [3.63, 3.8) is 0 Å². The molecule has 0 aliphatic heterocycles. The molecule has 3 rings (SSSR count). The van der Waals surface area contributed by atoms with Crippen LogP contribution in [0.5, 0.6) is 0 Å². The fourth-order valence-electron chi connectivity index (χ4n) is 3.26. The molecular formula is C24H25FN2O3. The second kappa shape index (κ2) is 10.4. The standard InChI is InChI=1S/C24H25FN2O3/c1-2-7-22(28)27(17-18-11-13-20(25)14-12-18)23(19-8-4-3-5-9-19)24(29)26-16-21-10-6-15-30-21/h3-6,8-15,23H,2,7,16-17H2,1H3,(H,26,29)/t23-/m1/s1. The van der Waals surface area contributed by atoms with Crippen molar-refractivity contribution in [1.82, 2.24) is 10.2 Å². The first-order chi connectivity index (χ1) is 14.6. The molecule has 0 fully saturated rings. The van der Waals surface area contributed by atoms with Gasteiger partial charge in [0, 0.05) is 13.0 Å². The Bertz CT molecular complexity index is 940. The molecule has 1 aromatic heterocycles. The van der Waals surface area contributed by atoms with Gasteiger partial charge in [-0.1, -0.05) is 49.4 Å². The van der Waals surface area contributed by atoms with E-state index in [1.807, 2.05) is 37.3 Å². The van der Waals surface area contributed by atoms with Gasteiger partial charge in [-0.15, -0.1) is 0 Å². The number of furan rings is 1. The number of hydrogen-bond acceptors (Lipinski definition) is 3. The predicted octanol–water partition coefficient (Wildman–Crippen LogP) is 4.61. The van der Waals surface area contributed by atoms with E-state index in [-0.39, 0.29) is 30.7 Å². The highest BCUT2D eigenvalue weighted by atomic mass is 19.1. The van der Waals surface area contributed by atoms with Gasteiger partial charge in [-0.3, -0.25) is 9.59 Å². The summed E-state index contributed by atoms with van der Waals surface area (Å²) in [5, 5.41) is 2.87. The van der Waals surface area contributed by atoms with Crippen LogP contribution in [0.25, 0.3) is 0 Å². The van der Waals surface area contributed by atoms with Gasteiger partial charge >= 0.3 is 0 Å². The van der Waals surface area contributed by atoms with Crippen molar-refractivity contribution in [3.05, 3.63) is 95.7 Å². The average molecular weight is 408 g/mol. The van der Waals surface area contributed by atoms with E-state index < -0.39 is 6.04 Å². The van der Waals surface area contributed by atoms with Crippen LogP contribution >= 0.6 is 0 Å². The Labute approximate surface area is 175 Å². The van der Waals surface area contributed by atoms with E-state index in [9.17, 15) is 14.0 Å². The molecule has 2 amide bonds. The van der Waals surface area contributed by atoms with Crippen LogP contribution in [-0.4, -0.2) is 16.7 Å². The Morgan fingerprint density at radius 1 is 1.03 bits per heavy atom. The Balaban J connectivity index is 1.91. The van der Waals surface area contributed by atoms with E-state index in [4.69, 9.17) is 4.42 Å². The molecule has 2 aromatic carbocycles. The summed E-state index contributed by atoms with van der Waals surface area (Å²) in [4.78, 5) is 27.8. The molecule has 1 atom stereocenters. The molecule has 3 aromatic rings. The lowest BCUT2D eigenvalue weighted by Gasteiger charge is -2.31. The number of nitrogens with one attached hydrogen (secondary N) is 1. The van der Waals surface area contributed by atoms with Crippen LogP contribution in [0.15, 0.2) is 77.4 Å². The first kappa shape index (κ1) is 21.3. The third-order valence-electron chi connectivity index (χ3n) is 4.74. The molecule has 1 heterocycles. The maximum Gasteiger partial charge on any atom is 0.247 e. The summed E-state index contributed by atoms with van der Waals surface area (Å²) in [6, 6.07) is 17.9. The Kier molecular flexibility index (Phi) is 7.38. The van der Waals surface area contributed by atoms with Crippen molar-refractivity contribution in [3.8, 4) is 0 Å². The van der Waals surface area contributed by atoms with Crippen LogP contribution in [0.1, 0.15) is 42.7 Å². The quantitative estimate of drug-likeness (QED) is 0.563. The number of carbonyl (C=O) groups excluding carboxylic acids is 2. The number of hydrogen-bond donors (Lipinski definition) is 1. The lowest BCUT2D eigenvalue weighted by molar-refractivity contribution is -0.141. The molecule has 0 saturated heterocycles. The summed E-state index contributed by atoms with van der Waals surface area (Å²) in [5.74, 6) is -0.158. The van der Waals surface area contributed by atoms with E-state index in [1.165, 1.54) is 12.1 Å². The van der Waals surface area contributed by atoms with Gasteiger partial charge in [0.1, 0.15) is 17.6 Å². The number of nitrogens with zero attached hydrogens (tertiary/aromatic N) is 1. The molecule has 0 bridgehead atoms. The molecule has 156 valence electrons. The normalized spacial score (nSPS) is 11.7. The smallest absolute Gasteiger partial charge is 0.247 e. The van der Waals surface area contributed by atoms with Crippen molar-refractivity contribution < 1.29 is 18.4 Å². The third-order valence-corrected chi connectivity index (χ3v) is 4.74. The highest BCUT2D eigenvalue weighted by Crippen LogP contribution is 2.25. The zero-order valence-corrected chi connectivity index (χ0v) is 16.9. The number of halogens is 1. The third kappa shape index (κ3) is 5.56. The fourth-order valence-corrected chi connectivity index (χ4v) is 3.26. The van der Waals surface area contributed by atoms with Crippen LogP contribution in [0.2, 0.25) is 0 Å². The van der Waals surface area contributed by atoms with Gasteiger partial charge in [0.2, 0.25) is 11.8 Å². The summed E-state index contributed by atoms with van der Waals surface area (Å²) in [6.45, 7) is 2.34. The minimum atomic E-state index is -0.815. The summed E-state index contributed by atoms with van der Waals surface area (Å²) < 4.78 is 18.6. The average Bonchev–Trinajstić information content (AvgIpc) is 3.28. The second-order valence-corrected chi connectivity index (χ2v) is 7.01. The van der Waals surface area contributed by atoms with Crippen LogP contribution in [0, 0.1) is 5.82 Å². The van der Waals surface area contributed by atoms with E-state index in [0.29, 0.717) is 24.2 Å². The SMILES string of the molecule is CCCC(=O)N(Cc1ccc(F)cc1)[C@@H](C(=O)NCc1ccco1)c1ccccc1. The van der Waals surface area contributed by atoms with Gasteiger partial charge in [0.15, 0.2) is 0 Å². The molecule has 0 aliphatic rings. The number of rotatable bonds is 9. The molecule has 0 unspecified atom stereocenters. The minimum Gasteiger partial charge on any atom is -0.467 e. The summed E-state index contributed by atoms with van der Waals surface area (Å²) >= 11 is 0. The van der Waals surface area contributed by atoms with Crippen LogP contribution in [-0.2, 0) is 22.7 Å². The maximum atomic E-state index is 13.3. The van der Waals surface area contributed by atoms with Gasteiger partial charge in [0.05, 0.1) is 12.8 Å². The van der Waals surface area contributed by atoms with Crippen LogP contribution < -0.4 is 5.32 Å². The van der Waals surface area contributed by atoms with Crippen LogP contribution in [0.4, 0.5) is 4.39 Å². The molecule has 0 aliphatic carbocycles. The number of benzene rings is 2. The summed E-state index contributed by atoms with van der Waals surface area (Å²) in [5.41, 5.74) is 1.46. The zero-order valence-electron chi connectivity index (χ0n) is 16.9. The molecule has 6 heteroatoms. The van der Waals surface area contributed by atoms with E-state index in [2.05, 4.69) is 5.32 Å². The van der Waals surface area contributed by atoms with Gasteiger partial charge in [-0.2, -0.15) is 0 Å². The lowest BCUT2D eigenvalue weighted by atomic mass is 10.0. The van der Waals surface area contributed by atoms with Crippen molar-refractivity contribution >= 4 is 11.8 Å². The maximum absolute atomic E-state index is 13.3. The van der Waals surface area contributed by atoms with Crippen molar-refractivity contribution in [2.75, 3.05) is 0 Å². The monoisotopic (exact) mass is 408 g/mol. The molecule has 0 spiro atoms. The molecule has 0 saturated carbocycles. The van der Waals surface area contributed by atoms with Crippen molar-refractivity contribution in [2.45, 2.75) is 38.9 Å². The highest BCUT2D eigenvalue weighted by Gasteiger charge is 2.31. The Morgan fingerprint density at radius 2 is 1.77 bits per heavy atom. The fraction of sp³-hybridized carbons (Fsp3) is 0.250. The topological polar surface area (TPSA) is 62.6 Å². The molecule has 30 heavy (non-hydrogen) atoms. The second-order valence-electron chi connectivity index (χ2n) is 7.01. The lowest BCUT2D eigenvalue weighted by Crippen LogP contribution is -2.43. The van der Waals surface area contributed by atoms with Crippen molar-refractivity contribution in [2.24, 2.45) is 0 Å². The predicted molar refractivity (Wildman–Crippen MR) is 112 cm³/mol. The van der Waals surface area contributed by atoms with Gasteiger partial charge < -0.3 is 14.6 Å². The summed E-state index contributed by atoms with van der Waals surface area (Å²) in [6.07, 6.45) is 2.52. The van der Waals surface area contributed by atoms with E-state index >= 15 is 0 Å². The Hall–Kier alpha value is -3.41. The largest absolute Gasteiger partial charge is 0.467 e. The Morgan fingerprint density at radius 3 is 2.40 bits per heavy atom.